The molecular weight excluding hydrogens is 403 g/mol. The van der Waals surface area contributed by atoms with Gasteiger partial charge in [-0.3, -0.25) is 4.90 Å². The van der Waals surface area contributed by atoms with E-state index in [0.29, 0.717) is 6.61 Å². The minimum absolute atomic E-state index is 0.197. The van der Waals surface area contributed by atoms with Crippen molar-refractivity contribution in [3.05, 3.63) is 95.9 Å². The van der Waals surface area contributed by atoms with E-state index < -0.39 is 0 Å². The fraction of sp³-hybridized carbons (Fsp3) is 0.259. The number of nitrogens with one attached hydrogen (secondary N) is 1. The summed E-state index contributed by atoms with van der Waals surface area (Å²) in [5, 5.41) is 0.971. The van der Waals surface area contributed by atoms with Gasteiger partial charge in [0.15, 0.2) is 11.5 Å². The van der Waals surface area contributed by atoms with Gasteiger partial charge in [0.05, 0.1) is 7.11 Å². The topological polar surface area (TPSA) is 37.5 Å². The molecule has 0 saturated carbocycles. The van der Waals surface area contributed by atoms with Crippen molar-refractivity contribution >= 4 is 10.9 Å². The van der Waals surface area contributed by atoms with Crippen molar-refractivity contribution in [1.29, 1.82) is 0 Å². The largest absolute Gasteiger partial charge is 0.493 e. The Bertz CT molecular complexity index is 1130. The Balaban J connectivity index is 1.37. The van der Waals surface area contributed by atoms with E-state index in [1.165, 1.54) is 11.6 Å². The summed E-state index contributed by atoms with van der Waals surface area (Å²) < 4.78 is 25.1. The summed E-state index contributed by atoms with van der Waals surface area (Å²) in [6.07, 6.45) is 3.86. The molecule has 32 heavy (non-hydrogen) atoms. The molecular formula is C27H29FN2O2. The highest BCUT2D eigenvalue weighted by atomic mass is 19.1. The Morgan fingerprint density at radius 2 is 1.69 bits per heavy atom. The first kappa shape index (κ1) is 21.9. The van der Waals surface area contributed by atoms with Crippen molar-refractivity contribution < 1.29 is 13.9 Å². The van der Waals surface area contributed by atoms with Crippen molar-refractivity contribution in [3.8, 4) is 11.5 Å². The van der Waals surface area contributed by atoms with Crippen LogP contribution in [0.3, 0.4) is 0 Å². The van der Waals surface area contributed by atoms with Crippen molar-refractivity contribution in [2.45, 2.75) is 19.4 Å². The predicted octanol–water partition coefficient (Wildman–Crippen LogP) is 5.83. The third kappa shape index (κ3) is 5.68. The smallest absolute Gasteiger partial charge is 0.161 e. The number of ether oxygens (including phenoxy) is 2. The lowest BCUT2D eigenvalue weighted by molar-refractivity contribution is 0.197. The van der Waals surface area contributed by atoms with Crippen LogP contribution in [-0.4, -0.2) is 36.7 Å². The number of hydrogen-bond acceptors (Lipinski definition) is 3. The molecule has 0 unspecified atom stereocenters. The van der Waals surface area contributed by atoms with Gasteiger partial charge in [-0.25, -0.2) is 4.39 Å². The number of fused-ring (bicyclic) bond motifs is 1. The molecule has 1 heterocycles. The first-order valence-corrected chi connectivity index (χ1v) is 11.0. The van der Waals surface area contributed by atoms with Crippen LogP contribution in [0.5, 0.6) is 11.5 Å². The fourth-order valence-electron chi connectivity index (χ4n) is 3.98. The van der Waals surface area contributed by atoms with Crippen LogP contribution in [0.15, 0.2) is 79.0 Å². The third-order valence-corrected chi connectivity index (χ3v) is 5.63. The molecule has 0 amide bonds. The van der Waals surface area contributed by atoms with Gasteiger partial charge in [0, 0.05) is 30.2 Å². The van der Waals surface area contributed by atoms with E-state index in [1.54, 1.807) is 19.2 Å². The molecule has 0 atom stereocenters. The monoisotopic (exact) mass is 432 g/mol. The molecule has 4 aromatic rings. The molecule has 0 bridgehead atoms. The van der Waals surface area contributed by atoms with E-state index in [0.717, 1.165) is 60.4 Å². The number of aryl methyl sites for hydroxylation is 1. The molecule has 166 valence electrons. The second-order valence-electron chi connectivity index (χ2n) is 7.87. The maximum absolute atomic E-state index is 13.7. The minimum atomic E-state index is -0.197. The number of nitrogens with zero attached hydrogens (tertiary/aromatic N) is 1. The summed E-state index contributed by atoms with van der Waals surface area (Å²) in [5.41, 5.74) is 3.41. The SMILES string of the molecule is COc1ccccc1OCCN(CCCc1c[nH]c2ccc(F)cc12)Cc1ccccc1. The van der Waals surface area contributed by atoms with Gasteiger partial charge in [-0.05, 0) is 60.8 Å². The van der Waals surface area contributed by atoms with Crippen molar-refractivity contribution in [2.24, 2.45) is 0 Å². The molecule has 0 aliphatic heterocycles. The third-order valence-electron chi connectivity index (χ3n) is 5.63. The van der Waals surface area contributed by atoms with Gasteiger partial charge in [-0.15, -0.1) is 0 Å². The van der Waals surface area contributed by atoms with E-state index in [9.17, 15) is 4.39 Å². The van der Waals surface area contributed by atoms with Crippen LogP contribution in [0.25, 0.3) is 10.9 Å². The zero-order valence-corrected chi connectivity index (χ0v) is 18.4. The van der Waals surface area contributed by atoms with E-state index in [-0.39, 0.29) is 5.82 Å². The highest BCUT2D eigenvalue weighted by molar-refractivity contribution is 5.83. The summed E-state index contributed by atoms with van der Waals surface area (Å²) >= 11 is 0. The summed E-state index contributed by atoms with van der Waals surface area (Å²) in [7, 11) is 1.65. The van der Waals surface area contributed by atoms with Gasteiger partial charge in [-0.1, -0.05) is 42.5 Å². The normalized spacial score (nSPS) is 11.2. The Hall–Kier alpha value is -3.31. The van der Waals surface area contributed by atoms with Crippen molar-refractivity contribution in [3.63, 3.8) is 0 Å². The van der Waals surface area contributed by atoms with Gasteiger partial charge >= 0.3 is 0 Å². The number of rotatable bonds is 11. The zero-order valence-electron chi connectivity index (χ0n) is 18.4. The van der Waals surface area contributed by atoms with Crippen LogP contribution in [0.1, 0.15) is 17.5 Å². The number of hydrogen-bond donors (Lipinski definition) is 1. The second kappa shape index (κ2) is 10.8. The van der Waals surface area contributed by atoms with Crippen LogP contribution in [0.4, 0.5) is 4.39 Å². The van der Waals surface area contributed by atoms with Gasteiger partial charge in [-0.2, -0.15) is 0 Å². The molecule has 0 aliphatic carbocycles. The Kier molecular flexibility index (Phi) is 7.41. The Morgan fingerprint density at radius 3 is 2.50 bits per heavy atom. The molecule has 4 rings (SSSR count). The summed E-state index contributed by atoms with van der Waals surface area (Å²) in [6.45, 7) is 3.16. The molecule has 5 heteroatoms. The Labute approximate surface area is 188 Å². The average Bonchev–Trinajstić information content (AvgIpc) is 3.22. The first-order valence-electron chi connectivity index (χ1n) is 11.0. The van der Waals surface area contributed by atoms with Gasteiger partial charge < -0.3 is 14.5 Å². The standard InChI is InChI=1S/C27H29FN2O2/c1-31-26-11-5-6-12-27(26)32-17-16-30(20-21-8-3-2-4-9-21)15-7-10-22-19-29-25-14-13-23(28)18-24(22)25/h2-6,8-9,11-14,18-19,29H,7,10,15-17,20H2,1H3. The van der Waals surface area contributed by atoms with Crippen molar-refractivity contribution in [1.82, 2.24) is 9.88 Å². The molecule has 3 aromatic carbocycles. The second-order valence-corrected chi connectivity index (χ2v) is 7.87. The van der Waals surface area contributed by atoms with E-state index in [1.807, 2.05) is 36.5 Å². The molecule has 4 nitrogen and oxygen atoms in total. The quantitative estimate of drug-likeness (QED) is 0.324. The van der Waals surface area contributed by atoms with Gasteiger partial charge in [0.25, 0.3) is 0 Å². The highest BCUT2D eigenvalue weighted by Gasteiger charge is 2.10. The lowest BCUT2D eigenvalue weighted by Gasteiger charge is -2.23. The first-order chi connectivity index (χ1) is 15.7. The number of H-pyrrole nitrogens is 1. The maximum Gasteiger partial charge on any atom is 0.161 e. The lowest BCUT2D eigenvalue weighted by Crippen LogP contribution is -2.29. The molecule has 0 aliphatic rings. The van der Waals surface area contributed by atoms with Crippen LogP contribution in [0, 0.1) is 5.82 Å². The number of aromatic nitrogens is 1. The summed E-state index contributed by atoms with van der Waals surface area (Å²) in [5.74, 6) is 1.31. The summed E-state index contributed by atoms with van der Waals surface area (Å²) in [4.78, 5) is 5.65. The van der Waals surface area contributed by atoms with Crippen LogP contribution < -0.4 is 9.47 Å². The van der Waals surface area contributed by atoms with Gasteiger partial charge in [0.1, 0.15) is 12.4 Å². The molecule has 0 radical (unpaired) electrons. The number of halogens is 1. The average molecular weight is 433 g/mol. The van der Waals surface area contributed by atoms with E-state index >= 15 is 0 Å². The van der Waals surface area contributed by atoms with Crippen LogP contribution >= 0.6 is 0 Å². The van der Waals surface area contributed by atoms with Crippen LogP contribution in [0.2, 0.25) is 0 Å². The number of para-hydroxylation sites is 2. The predicted molar refractivity (Wildman–Crippen MR) is 127 cm³/mol. The van der Waals surface area contributed by atoms with Crippen LogP contribution in [-0.2, 0) is 13.0 Å². The Morgan fingerprint density at radius 1 is 0.906 bits per heavy atom. The van der Waals surface area contributed by atoms with Gasteiger partial charge in [0.2, 0.25) is 0 Å². The maximum atomic E-state index is 13.7. The molecule has 0 spiro atoms. The summed E-state index contributed by atoms with van der Waals surface area (Å²) in [6, 6.07) is 23.1. The minimum Gasteiger partial charge on any atom is -0.493 e. The molecule has 0 saturated heterocycles. The molecule has 1 N–H and O–H groups in total. The molecule has 0 fully saturated rings. The fourth-order valence-corrected chi connectivity index (χ4v) is 3.98. The lowest BCUT2D eigenvalue weighted by atomic mass is 10.1. The number of methoxy groups -OCH3 is 1. The zero-order chi connectivity index (χ0) is 22.2. The van der Waals surface area contributed by atoms with Crippen molar-refractivity contribution in [2.75, 3.05) is 26.8 Å². The number of aromatic amines is 1. The number of benzene rings is 3. The van der Waals surface area contributed by atoms with E-state index in [4.69, 9.17) is 9.47 Å². The van der Waals surface area contributed by atoms with E-state index in [2.05, 4.69) is 34.1 Å². The molecule has 1 aromatic heterocycles. The highest BCUT2D eigenvalue weighted by Crippen LogP contribution is 2.26.